The minimum absolute atomic E-state index is 0.0151. The number of rotatable bonds is 3. The normalized spacial score (nSPS) is 13.3. The van der Waals surface area contributed by atoms with Crippen LogP contribution < -0.4 is 5.73 Å². The SMILES string of the molecule is CC(C)C(N)c1ncc(-c2cccs2)[nH]1. The molecule has 80 valence electrons. The highest BCUT2D eigenvalue weighted by Gasteiger charge is 2.14. The van der Waals surface area contributed by atoms with Gasteiger partial charge in [0.25, 0.3) is 0 Å². The molecule has 1 unspecified atom stereocenters. The zero-order chi connectivity index (χ0) is 10.8. The molecule has 0 saturated carbocycles. The van der Waals surface area contributed by atoms with Gasteiger partial charge >= 0.3 is 0 Å². The van der Waals surface area contributed by atoms with Crippen molar-refractivity contribution < 1.29 is 0 Å². The Bertz CT molecular complexity index is 417. The first-order valence-electron chi connectivity index (χ1n) is 5.03. The number of thiophene rings is 1. The molecule has 3 nitrogen and oxygen atoms in total. The first-order valence-corrected chi connectivity index (χ1v) is 5.91. The zero-order valence-corrected chi connectivity index (χ0v) is 9.71. The highest BCUT2D eigenvalue weighted by Crippen LogP contribution is 2.24. The minimum Gasteiger partial charge on any atom is -0.340 e. The average Bonchev–Trinajstić information content (AvgIpc) is 2.86. The van der Waals surface area contributed by atoms with Crippen LogP contribution in [0.25, 0.3) is 10.6 Å². The number of nitrogens with zero attached hydrogens (tertiary/aromatic N) is 1. The van der Waals surface area contributed by atoms with Gasteiger partial charge in [0.05, 0.1) is 22.8 Å². The summed E-state index contributed by atoms with van der Waals surface area (Å²) in [5.41, 5.74) is 7.07. The smallest absolute Gasteiger partial charge is 0.123 e. The molecule has 15 heavy (non-hydrogen) atoms. The molecule has 0 spiro atoms. The van der Waals surface area contributed by atoms with Crippen LogP contribution >= 0.6 is 11.3 Å². The van der Waals surface area contributed by atoms with Crippen molar-refractivity contribution in [2.24, 2.45) is 11.7 Å². The molecule has 2 heterocycles. The molecule has 0 amide bonds. The van der Waals surface area contributed by atoms with Crippen LogP contribution in [0.5, 0.6) is 0 Å². The Labute approximate surface area is 93.4 Å². The maximum atomic E-state index is 6.01. The Morgan fingerprint density at radius 3 is 2.87 bits per heavy atom. The summed E-state index contributed by atoms with van der Waals surface area (Å²) in [4.78, 5) is 8.79. The Morgan fingerprint density at radius 1 is 1.47 bits per heavy atom. The number of hydrogen-bond acceptors (Lipinski definition) is 3. The number of aromatic amines is 1. The molecule has 0 aliphatic heterocycles. The molecule has 4 heteroatoms. The lowest BCUT2D eigenvalue weighted by Crippen LogP contribution is -2.18. The third-order valence-corrected chi connectivity index (χ3v) is 3.32. The Hall–Kier alpha value is -1.13. The van der Waals surface area contributed by atoms with E-state index in [0.29, 0.717) is 5.92 Å². The number of imidazole rings is 1. The van der Waals surface area contributed by atoms with Crippen LogP contribution in [0.4, 0.5) is 0 Å². The third kappa shape index (κ3) is 2.11. The van der Waals surface area contributed by atoms with Crippen molar-refractivity contribution in [2.45, 2.75) is 19.9 Å². The second-order valence-electron chi connectivity index (χ2n) is 3.93. The third-order valence-electron chi connectivity index (χ3n) is 2.42. The van der Waals surface area contributed by atoms with Crippen LogP contribution in [0.1, 0.15) is 25.7 Å². The molecule has 2 rings (SSSR count). The van der Waals surface area contributed by atoms with E-state index in [1.54, 1.807) is 11.3 Å². The van der Waals surface area contributed by atoms with Crippen molar-refractivity contribution in [3.8, 4) is 10.6 Å². The van der Waals surface area contributed by atoms with Gasteiger partial charge in [-0.25, -0.2) is 4.98 Å². The topological polar surface area (TPSA) is 54.7 Å². The van der Waals surface area contributed by atoms with E-state index >= 15 is 0 Å². The lowest BCUT2D eigenvalue weighted by Gasteiger charge is -2.11. The van der Waals surface area contributed by atoms with Gasteiger partial charge in [0, 0.05) is 0 Å². The number of aromatic nitrogens is 2. The predicted octanol–water partition coefficient (Wildman–Crippen LogP) is 2.79. The van der Waals surface area contributed by atoms with Crippen LogP contribution in [0.2, 0.25) is 0 Å². The molecule has 0 fully saturated rings. The molecule has 0 bridgehead atoms. The fourth-order valence-corrected chi connectivity index (χ4v) is 2.07. The predicted molar refractivity (Wildman–Crippen MR) is 63.7 cm³/mol. The van der Waals surface area contributed by atoms with Crippen molar-refractivity contribution in [3.05, 3.63) is 29.5 Å². The average molecular weight is 221 g/mol. The van der Waals surface area contributed by atoms with E-state index in [0.717, 1.165) is 11.5 Å². The van der Waals surface area contributed by atoms with E-state index in [1.165, 1.54) is 4.88 Å². The van der Waals surface area contributed by atoms with Gasteiger partial charge in [0.15, 0.2) is 0 Å². The monoisotopic (exact) mass is 221 g/mol. The van der Waals surface area contributed by atoms with Gasteiger partial charge in [-0.3, -0.25) is 0 Å². The summed E-state index contributed by atoms with van der Waals surface area (Å²) in [7, 11) is 0. The van der Waals surface area contributed by atoms with Gasteiger partial charge in [-0.2, -0.15) is 0 Å². The molecule has 2 aromatic heterocycles. The van der Waals surface area contributed by atoms with Crippen molar-refractivity contribution >= 4 is 11.3 Å². The lowest BCUT2D eigenvalue weighted by atomic mass is 10.1. The van der Waals surface area contributed by atoms with E-state index in [-0.39, 0.29) is 6.04 Å². The maximum absolute atomic E-state index is 6.01. The van der Waals surface area contributed by atoms with E-state index in [9.17, 15) is 0 Å². The van der Waals surface area contributed by atoms with E-state index in [2.05, 4.69) is 35.3 Å². The highest BCUT2D eigenvalue weighted by molar-refractivity contribution is 7.13. The summed E-state index contributed by atoms with van der Waals surface area (Å²) in [6.07, 6.45) is 1.85. The molecular weight excluding hydrogens is 206 g/mol. The molecule has 2 aromatic rings. The summed E-state index contributed by atoms with van der Waals surface area (Å²) in [5, 5.41) is 2.05. The Balaban J connectivity index is 2.25. The number of nitrogens with one attached hydrogen (secondary N) is 1. The first kappa shape index (κ1) is 10.4. The second kappa shape index (κ2) is 4.16. The fourth-order valence-electron chi connectivity index (χ4n) is 1.38. The quantitative estimate of drug-likeness (QED) is 0.837. The summed E-state index contributed by atoms with van der Waals surface area (Å²) >= 11 is 1.70. The first-order chi connectivity index (χ1) is 7.18. The van der Waals surface area contributed by atoms with Crippen molar-refractivity contribution in [1.29, 1.82) is 0 Å². The zero-order valence-electron chi connectivity index (χ0n) is 8.90. The number of H-pyrrole nitrogens is 1. The summed E-state index contributed by atoms with van der Waals surface area (Å²) in [6.45, 7) is 4.19. The van der Waals surface area contributed by atoms with E-state index in [1.807, 2.05) is 12.3 Å². The van der Waals surface area contributed by atoms with E-state index in [4.69, 9.17) is 5.73 Å². The maximum Gasteiger partial charge on any atom is 0.123 e. The Morgan fingerprint density at radius 2 is 2.27 bits per heavy atom. The van der Waals surface area contributed by atoms with Crippen molar-refractivity contribution in [3.63, 3.8) is 0 Å². The molecule has 0 aliphatic rings. The van der Waals surface area contributed by atoms with Gasteiger partial charge in [-0.05, 0) is 17.4 Å². The molecule has 1 atom stereocenters. The van der Waals surface area contributed by atoms with Crippen LogP contribution in [0.3, 0.4) is 0 Å². The largest absolute Gasteiger partial charge is 0.340 e. The van der Waals surface area contributed by atoms with Gasteiger partial charge in [0.1, 0.15) is 5.82 Å². The van der Waals surface area contributed by atoms with Crippen molar-refractivity contribution in [1.82, 2.24) is 9.97 Å². The van der Waals surface area contributed by atoms with E-state index < -0.39 is 0 Å². The second-order valence-corrected chi connectivity index (χ2v) is 4.88. The molecule has 0 aromatic carbocycles. The minimum atomic E-state index is -0.0151. The van der Waals surface area contributed by atoms with Crippen LogP contribution in [-0.2, 0) is 0 Å². The number of nitrogens with two attached hydrogens (primary N) is 1. The molecule has 3 N–H and O–H groups in total. The Kier molecular flexibility index (Phi) is 2.88. The molecule has 0 saturated heterocycles. The van der Waals surface area contributed by atoms with Gasteiger partial charge in [0.2, 0.25) is 0 Å². The van der Waals surface area contributed by atoms with Gasteiger partial charge < -0.3 is 10.7 Å². The fraction of sp³-hybridized carbons (Fsp3) is 0.364. The summed E-state index contributed by atoms with van der Waals surface area (Å²) in [6, 6.07) is 4.09. The number of hydrogen-bond donors (Lipinski definition) is 2. The molecule has 0 radical (unpaired) electrons. The molecule has 0 aliphatic carbocycles. The van der Waals surface area contributed by atoms with Crippen LogP contribution in [0.15, 0.2) is 23.7 Å². The highest BCUT2D eigenvalue weighted by atomic mass is 32.1. The van der Waals surface area contributed by atoms with Gasteiger partial charge in [-0.1, -0.05) is 19.9 Å². The van der Waals surface area contributed by atoms with Crippen LogP contribution in [0, 0.1) is 5.92 Å². The lowest BCUT2D eigenvalue weighted by molar-refractivity contribution is 0.494. The van der Waals surface area contributed by atoms with Gasteiger partial charge in [-0.15, -0.1) is 11.3 Å². The summed E-state index contributed by atoms with van der Waals surface area (Å²) < 4.78 is 0. The standard InChI is InChI=1S/C11H15N3S/c1-7(2)10(12)11-13-6-8(14-11)9-4-3-5-15-9/h3-7,10H,12H2,1-2H3,(H,13,14). The molecular formula is C11H15N3S. The van der Waals surface area contributed by atoms with Crippen LogP contribution in [-0.4, -0.2) is 9.97 Å². The van der Waals surface area contributed by atoms with Crippen molar-refractivity contribution in [2.75, 3.05) is 0 Å². The summed E-state index contributed by atoms with van der Waals surface area (Å²) in [5.74, 6) is 1.26.